The van der Waals surface area contributed by atoms with Gasteiger partial charge in [0.05, 0.1) is 0 Å². The molecule has 1 aromatic heterocycles. The van der Waals surface area contributed by atoms with Crippen molar-refractivity contribution in [1.29, 1.82) is 0 Å². The molecule has 4 nitrogen and oxygen atoms in total. The highest BCUT2D eigenvalue weighted by Gasteiger charge is 2.02. The number of carbonyl (C=O) groups excluding carboxylic acids is 1. The molecular formula is C12H21N3O. The molecule has 0 atom stereocenters. The molecule has 4 heteroatoms. The average Bonchev–Trinajstić information content (AvgIpc) is 2.58. The number of hydrogen-bond acceptors (Lipinski definition) is 2. The fraction of sp³-hybridized carbons (Fsp3) is 0.583. The van der Waals surface area contributed by atoms with E-state index in [4.69, 9.17) is 0 Å². The Morgan fingerprint density at radius 1 is 1.50 bits per heavy atom. The summed E-state index contributed by atoms with van der Waals surface area (Å²) in [7, 11) is 2.00. The number of hydrogen-bond donors (Lipinski definition) is 2. The first-order chi connectivity index (χ1) is 7.58. The van der Waals surface area contributed by atoms with Gasteiger partial charge >= 0.3 is 0 Å². The van der Waals surface area contributed by atoms with Gasteiger partial charge in [0.1, 0.15) is 0 Å². The van der Waals surface area contributed by atoms with Crippen molar-refractivity contribution in [2.45, 2.75) is 32.9 Å². The normalized spacial score (nSPS) is 10.8. The van der Waals surface area contributed by atoms with Crippen molar-refractivity contribution in [2.24, 2.45) is 7.05 Å². The molecule has 1 rings (SSSR count). The number of amides is 1. The number of nitrogens with zero attached hydrogens (tertiary/aromatic N) is 1. The van der Waals surface area contributed by atoms with E-state index in [1.807, 2.05) is 31.7 Å². The van der Waals surface area contributed by atoms with E-state index in [2.05, 4.69) is 22.9 Å². The molecule has 0 aliphatic rings. The Bertz CT molecular complexity index is 331. The zero-order valence-electron chi connectivity index (χ0n) is 10.3. The minimum atomic E-state index is 0.107. The van der Waals surface area contributed by atoms with Crippen LogP contribution in [0.1, 0.15) is 25.8 Å². The number of carbonyl (C=O) groups is 1. The van der Waals surface area contributed by atoms with Crippen LogP contribution in [0.3, 0.4) is 0 Å². The van der Waals surface area contributed by atoms with Gasteiger partial charge in [-0.15, -0.1) is 0 Å². The van der Waals surface area contributed by atoms with Gasteiger partial charge in [0.2, 0.25) is 5.91 Å². The summed E-state index contributed by atoms with van der Waals surface area (Å²) >= 11 is 0. The van der Waals surface area contributed by atoms with Crippen LogP contribution in [0.4, 0.5) is 0 Å². The van der Waals surface area contributed by atoms with Crippen LogP contribution < -0.4 is 10.6 Å². The van der Waals surface area contributed by atoms with E-state index < -0.39 is 0 Å². The van der Waals surface area contributed by atoms with Crippen LogP contribution in [-0.4, -0.2) is 23.1 Å². The van der Waals surface area contributed by atoms with Gasteiger partial charge in [-0.05, 0) is 25.5 Å². The third kappa shape index (κ3) is 4.98. The summed E-state index contributed by atoms with van der Waals surface area (Å²) in [6, 6.07) is 2.29. The van der Waals surface area contributed by atoms with Gasteiger partial charge in [0, 0.05) is 45.0 Å². The lowest BCUT2D eigenvalue weighted by molar-refractivity contribution is -0.121. The zero-order chi connectivity index (χ0) is 12.0. The van der Waals surface area contributed by atoms with Crippen molar-refractivity contribution in [3.63, 3.8) is 0 Å². The average molecular weight is 223 g/mol. The molecule has 0 aliphatic heterocycles. The highest BCUT2D eigenvalue weighted by atomic mass is 16.1. The molecule has 0 bridgehead atoms. The molecule has 0 radical (unpaired) electrons. The van der Waals surface area contributed by atoms with E-state index >= 15 is 0 Å². The highest BCUT2D eigenvalue weighted by molar-refractivity contribution is 5.76. The number of rotatable bonds is 6. The van der Waals surface area contributed by atoms with Crippen LogP contribution in [0.25, 0.3) is 0 Å². The maximum Gasteiger partial charge on any atom is 0.221 e. The van der Waals surface area contributed by atoms with Crippen LogP contribution in [0.15, 0.2) is 18.5 Å². The Morgan fingerprint density at radius 3 is 2.81 bits per heavy atom. The Hall–Kier alpha value is -1.29. The summed E-state index contributed by atoms with van der Waals surface area (Å²) in [5.74, 6) is 0.107. The van der Waals surface area contributed by atoms with Gasteiger partial charge in [-0.2, -0.15) is 0 Å². The van der Waals surface area contributed by atoms with Crippen LogP contribution in [-0.2, 0) is 18.4 Å². The number of aromatic nitrogens is 1. The van der Waals surface area contributed by atoms with Crippen molar-refractivity contribution >= 4 is 5.91 Å². The Kier molecular flexibility index (Phi) is 5.05. The third-order valence-corrected chi connectivity index (χ3v) is 2.20. The van der Waals surface area contributed by atoms with Gasteiger partial charge in [-0.3, -0.25) is 4.79 Å². The molecule has 2 N–H and O–H groups in total. The molecule has 1 heterocycles. The molecule has 0 aliphatic carbocycles. The molecule has 0 fully saturated rings. The lowest BCUT2D eigenvalue weighted by Crippen LogP contribution is -2.32. The maximum absolute atomic E-state index is 11.3. The summed E-state index contributed by atoms with van der Waals surface area (Å²) in [4.78, 5) is 11.3. The van der Waals surface area contributed by atoms with Crippen molar-refractivity contribution in [2.75, 3.05) is 6.54 Å². The molecule has 1 amide bonds. The third-order valence-electron chi connectivity index (χ3n) is 2.20. The van der Waals surface area contributed by atoms with Gasteiger partial charge in [0.15, 0.2) is 0 Å². The molecule has 0 saturated heterocycles. The molecule has 0 unspecified atom stereocenters. The highest BCUT2D eigenvalue weighted by Crippen LogP contribution is 1.98. The Morgan fingerprint density at radius 2 is 2.25 bits per heavy atom. The van der Waals surface area contributed by atoms with Crippen molar-refractivity contribution in [3.8, 4) is 0 Å². The topological polar surface area (TPSA) is 46.1 Å². The molecule has 90 valence electrons. The fourth-order valence-corrected chi connectivity index (χ4v) is 1.49. The summed E-state index contributed by atoms with van der Waals surface area (Å²) in [5.41, 5.74) is 1.24. The minimum Gasteiger partial charge on any atom is -0.357 e. The first-order valence-corrected chi connectivity index (χ1v) is 5.69. The zero-order valence-corrected chi connectivity index (χ0v) is 10.3. The molecular weight excluding hydrogens is 202 g/mol. The van der Waals surface area contributed by atoms with Crippen molar-refractivity contribution < 1.29 is 4.79 Å². The molecule has 1 aromatic rings. The summed E-state index contributed by atoms with van der Waals surface area (Å²) < 4.78 is 2.02. The van der Waals surface area contributed by atoms with E-state index in [0.29, 0.717) is 13.0 Å². The monoisotopic (exact) mass is 223 g/mol. The van der Waals surface area contributed by atoms with Crippen LogP contribution in [0, 0.1) is 0 Å². The largest absolute Gasteiger partial charge is 0.357 e. The van der Waals surface area contributed by atoms with Gasteiger partial charge in [-0.1, -0.05) is 0 Å². The van der Waals surface area contributed by atoms with E-state index in [0.717, 1.165) is 6.54 Å². The molecule has 16 heavy (non-hydrogen) atoms. The van der Waals surface area contributed by atoms with Crippen LogP contribution in [0.2, 0.25) is 0 Å². The lowest BCUT2D eigenvalue weighted by atomic mass is 10.3. The van der Waals surface area contributed by atoms with E-state index in [1.54, 1.807) is 0 Å². The predicted molar refractivity (Wildman–Crippen MR) is 65.0 cm³/mol. The van der Waals surface area contributed by atoms with E-state index in [-0.39, 0.29) is 11.9 Å². The summed E-state index contributed by atoms with van der Waals surface area (Å²) in [6.45, 7) is 5.47. The van der Waals surface area contributed by atoms with Gasteiger partial charge in [0.25, 0.3) is 0 Å². The van der Waals surface area contributed by atoms with E-state index in [9.17, 15) is 4.79 Å². The van der Waals surface area contributed by atoms with Crippen molar-refractivity contribution in [1.82, 2.24) is 15.2 Å². The summed E-state index contributed by atoms with van der Waals surface area (Å²) in [5, 5.41) is 6.11. The van der Waals surface area contributed by atoms with Crippen LogP contribution in [0.5, 0.6) is 0 Å². The second kappa shape index (κ2) is 6.33. The second-order valence-electron chi connectivity index (χ2n) is 4.33. The Labute approximate surface area is 97.0 Å². The standard InChI is InChI=1S/C12H21N3O/c1-10(2)14-12(16)4-6-13-8-11-5-7-15(3)9-11/h5,7,9-10,13H,4,6,8H2,1-3H3,(H,14,16). The Balaban J connectivity index is 2.10. The number of aryl methyl sites for hydroxylation is 1. The van der Waals surface area contributed by atoms with E-state index in [1.165, 1.54) is 5.56 Å². The number of nitrogens with one attached hydrogen (secondary N) is 2. The smallest absolute Gasteiger partial charge is 0.221 e. The second-order valence-corrected chi connectivity index (χ2v) is 4.33. The van der Waals surface area contributed by atoms with Gasteiger partial charge < -0.3 is 15.2 Å². The molecule has 0 aromatic carbocycles. The van der Waals surface area contributed by atoms with Gasteiger partial charge in [-0.25, -0.2) is 0 Å². The van der Waals surface area contributed by atoms with Crippen LogP contribution >= 0.6 is 0 Å². The minimum absolute atomic E-state index is 0.107. The molecule has 0 saturated carbocycles. The first-order valence-electron chi connectivity index (χ1n) is 5.69. The summed E-state index contributed by atoms with van der Waals surface area (Å²) in [6.07, 6.45) is 4.62. The SMILES string of the molecule is CC(C)NC(=O)CCNCc1ccn(C)c1. The quantitative estimate of drug-likeness (QED) is 0.708. The first kappa shape index (κ1) is 12.8. The fourth-order valence-electron chi connectivity index (χ4n) is 1.49. The van der Waals surface area contributed by atoms with Crippen molar-refractivity contribution in [3.05, 3.63) is 24.0 Å². The predicted octanol–water partition coefficient (Wildman–Crippen LogP) is 1.03. The molecule has 0 spiro atoms. The lowest BCUT2D eigenvalue weighted by Gasteiger charge is -2.08. The maximum atomic E-state index is 11.3.